The number of ether oxygens (including phenoxy) is 1. The van der Waals surface area contributed by atoms with Crippen LogP contribution in [0.1, 0.15) is 33.6 Å². The summed E-state index contributed by atoms with van der Waals surface area (Å²) in [6.45, 7) is 9.45. The molecule has 2 rings (SSSR count). The molecule has 0 amide bonds. The monoisotopic (exact) mass is 255 g/mol. The number of aromatic nitrogens is 2. The van der Waals surface area contributed by atoms with Gasteiger partial charge in [-0.3, -0.25) is 0 Å². The summed E-state index contributed by atoms with van der Waals surface area (Å²) in [6, 6.07) is 0. The smallest absolute Gasteiger partial charge is 0.270 e. The van der Waals surface area contributed by atoms with E-state index in [1.54, 1.807) is 0 Å². The average Bonchev–Trinajstić information content (AvgIpc) is 2.75. The van der Waals surface area contributed by atoms with Gasteiger partial charge in [-0.1, -0.05) is 20.8 Å². The second kappa shape index (κ2) is 5.67. The molecule has 0 radical (unpaired) electrons. The first-order valence-corrected chi connectivity index (χ1v) is 7.10. The molecule has 1 aromatic heterocycles. The topological polar surface area (TPSA) is 38.3 Å². The minimum atomic E-state index is 0.519. The molecule has 2 heterocycles. The first-order valence-electron chi connectivity index (χ1n) is 6.37. The van der Waals surface area contributed by atoms with E-state index in [0.717, 1.165) is 30.7 Å². The Morgan fingerprint density at radius 3 is 2.71 bits per heavy atom. The minimum Gasteiger partial charge on any atom is -0.474 e. The van der Waals surface area contributed by atoms with E-state index < -0.39 is 0 Å². The minimum absolute atomic E-state index is 0.519. The molecule has 1 fully saturated rings. The Balaban J connectivity index is 1.98. The predicted octanol–water partition coefficient (Wildman–Crippen LogP) is 2.81. The van der Waals surface area contributed by atoms with E-state index in [1.807, 2.05) is 0 Å². The van der Waals surface area contributed by atoms with Gasteiger partial charge in [-0.15, -0.1) is 4.37 Å². The number of rotatable bonds is 4. The van der Waals surface area contributed by atoms with E-state index in [0.29, 0.717) is 12.5 Å². The standard InChI is InChI=1S/C12H21N3OS/c1-9(2)8-16-12-11(13-17-14-12)15-6-4-10(3)5-7-15/h9-10H,4-8H2,1-3H3. The first kappa shape index (κ1) is 12.6. The van der Waals surface area contributed by atoms with Crippen LogP contribution in [-0.2, 0) is 0 Å². The van der Waals surface area contributed by atoms with Crippen molar-refractivity contribution in [3.05, 3.63) is 0 Å². The molecule has 1 aliphatic heterocycles. The van der Waals surface area contributed by atoms with Gasteiger partial charge in [0.1, 0.15) is 0 Å². The summed E-state index contributed by atoms with van der Waals surface area (Å²) in [7, 11) is 0. The van der Waals surface area contributed by atoms with Gasteiger partial charge in [0.15, 0.2) is 0 Å². The van der Waals surface area contributed by atoms with Crippen molar-refractivity contribution in [3.8, 4) is 5.88 Å². The number of hydrogen-bond acceptors (Lipinski definition) is 5. The summed E-state index contributed by atoms with van der Waals surface area (Å²) in [5.74, 6) is 3.02. The van der Waals surface area contributed by atoms with Crippen molar-refractivity contribution in [2.24, 2.45) is 11.8 Å². The molecule has 0 spiro atoms. The fourth-order valence-electron chi connectivity index (χ4n) is 1.93. The summed E-state index contributed by atoms with van der Waals surface area (Å²) in [4.78, 5) is 2.30. The van der Waals surface area contributed by atoms with Crippen molar-refractivity contribution in [1.29, 1.82) is 0 Å². The highest BCUT2D eigenvalue weighted by atomic mass is 32.1. The molecular formula is C12H21N3OS. The Bertz CT molecular complexity index is 345. The van der Waals surface area contributed by atoms with Crippen molar-refractivity contribution in [1.82, 2.24) is 8.75 Å². The quantitative estimate of drug-likeness (QED) is 0.829. The van der Waals surface area contributed by atoms with Crippen LogP contribution in [0.4, 0.5) is 5.82 Å². The van der Waals surface area contributed by atoms with Gasteiger partial charge in [0.2, 0.25) is 5.82 Å². The van der Waals surface area contributed by atoms with Crippen molar-refractivity contribution < 1.29 is 4.74 Å². The molecule has 1 saturated heterocycles. The van der Waals surface area contributed by atoms with Gasteiger partial charge in [-0.2, -0.15) is 4.37 Å². The van der Waals surface area contributed by atoms with Crippen LogP contribution in [0.25, 0.3) is 0 Å². The maximum Gasteiger partial charge on any atom is 0.270 e. The Kier molecular flexibility index (Phi) is 4.20. The van der Waals surface area contributed by atoms with Crippen LogP contribution < -0.4 is 9.64 Å². The zero-order valence-electron chi connectivity index (χ0n) is 10.8. The molecule has 4 nitrogen and oxygen atoms in total. The molecule has 1 aromatic rings. The maximum atomic E-state index is 5.71. The van der Waals surface area contributed by atoms with Crippen LogP contribution in [0.15, 0.2) is 0 Å². The fraction of sp³-hybridized carbons (Fsp3) is 0.833. The lowest BCUT2D eigenvalue weighted by molar-refractivity contribution is 0.263. The molecular weight excluding hydrogens is 234 g/mol. The zero-order valence-corrected chi connectivity index (χ0v) is 11.7. The van der Waals surface area contributed by atoms with E-state index in [4.69, 9.17) is 4.74 Å². The normalized spacial score (nSPS) is 17.8. The lowest BCUT2D eigenvalue weighted by atomic mass is 9.99. The van der Waals surface area contributed by atoms with Crippen LogP contribution in [-0.4, -0.2) is 28.4 Å². The third kappa shape index (κ3) is 3.31. The maximum absolute atomic E-state index is 5.71. The third-order valence-electron chi connectivity index (χ3n) is 3.08. The van der Waals surface area contributed by atoms with Crippen LogP contribution in [0.5, 0.6) is 5.88 Å². The van der Waals surface area contributed by atoms with E-state index in [9.17, 15) is 0 Å². The molecule has 17 heavy (non-hydrogen) atoms. The molecule has 96 valence electrons. The molecule has 0 unspecified atom stereocenters. The zero-order chi connectivity index (χ0) is 12.3. The van der Waals surface area contributed by atoms with Gasteiger partial charge in [0, 0.05) is 13.1 Å². The number of anilines is 1. The van der Waals surface area contributed by atoms with Gasteiger partial charge in [0.05, 0.1) is 18.3 Å². The lowest BCUT2D eigenvalue weighted by Gasteiger charge is -2.30. The van der Waals surface area contributed by atoms with Crippen molar-refractivity contribution in [2.45, 2.75) is 33.6 Å². The Morgan fingerprint density at radius 2 is 2.06 bits per heavy atom. The lowest BCUT2D eigenvalue weighted by Crippen LogP contribution is -2.33. The van der Waals surface area contributed by atoms with E-state index in [2.05, 4.69) is 34.4 Å². The number of piperidine rings is 1. The van der Waals surface area contributed by atoms with E-state index in [-0.39, 0.29) is 0 Å². The van der Waals surface area contributed by atoms with Crippen molar-refractivity contribution in [3.63, 3.8) is 0 Å². The SMILES string of the molecule is CC(C)COc1nsnc1N1CCC(C)CC1. The highest BCUT2D eigenvalue weighted by Crippen LogP contribution is 2.29. The number of nitrogens with zero attached hydrogens (tertiary/aromatic N) is 3. The van der Waals surface area contributed by atoms with Gasteiger partial charge < -0.3 is 9.64 Å². The fourth-order valence-corrected chi connectivity index (χ4v) is 2.45. The first-order chi connectivity index (χ1) is 8.16. The summed E-state index contributed by atoms with van der Waals surface area (Å²) in [6.07, 6.45) is 2.47. The van der Waals surface area contributed by atoms with Crippen LogP contribution >= 0.6 is 11.7 Å². The number of hydrogen-bond donors (Lipinski definition) is 0. The average molecular weight is 255 g/mol. The second-order valence-electron chi connectivity index (χ2n) is 5.27. The Hall–Kier alpha value is -0.840. The highest BCUT2D eigenvalue weighted by molar-refractivity contribution is 6.99. The van der Waals surface area contributed by atoms with Crippen LogP contribution in [0.3, 0.4) is 0 Å². The van der Waals surface area contributed by atoms with Gasteiger partial charge in [-0.25, -0.2) is 0 Å². The molecule has 0 aromatic carbocycles. The highest BCUT2D eigenvalue weighted by Gasteiger charge is 2.22. The van der Waals surface area contributed by atoms with E-state index >= 15 is 0 Å². The molecule has 1 aliphatic rings. The summed E-state index contributed by atoms with van der Waals surface area (Å²) in [5, 5.41) is 0. The van der Waals surface area contributed by atoms with E-state index in [1.165, 1.54) is 24.6 Å². The van der Waals surface area contributed by atoms with Gasteiger partial charge in [-0.05, 0) is 24.7 Å². The summed E-state index contributed by atoms with van der Waals surface area (Å²) in [5.41, 5.74) is 0. The van der Waals surface area contributed by atoms with Crippen molar-refractivity contribution in [2.75, 3.05) is 24.6 Å². The van der Waals surface area contributed by atoms with Gasteiger partial charge >= 0.3 is 0 Å². The largest absolute Gasteiger partial charge is 0.474 e. The Morgan fingerprint density at radius 1 is 1.35 bits per heavy atom. The molecule has 0 bridgehead atoms. The third-order valence-corrected chi connectivity index (χ3v) is 3.58. The van der Waals surface area contributed by atoms with Crippen LogP contribution in [0, 0.1) is 11.8 Å². The second-order valence-corrected chi connectivity index (χ2v) is 5.80. The van der Waals surface area contributed by atoms with Crippen LogP contribution in [0.2, 0.25) is 0 Å². The van der Waals surface area contributed by atoms with Crippen molar-refractivity contribution >= 4 is 17.5 Å². The predicted molar refractivity (Wildman–Crippen MR) is 70.9 cm³/mol. The molecule has 0 saturated carbocycles. The molecule has 0 aliphatic carbocycles. The summed E-state index contributed by atoms with van der Waals surface area (Å²) >= 11 is 1.25. The van der Waals surface area contributed by atoms with Gasteiger partial charge in [0.25, 0.3) is 5.88 Å². The molecule has 0 atom stereocenters. The molecule has 0 N–H and O–H groups in total. The summed E-state index contributed by atoms with van der Waals surface area (Å²) < 4.78 is 14.3. The Labute approximate surface area is 107 Å². The molecule has 5 heteroatoms.